The lowest BCUT2D eigenvalue weighted by atomic mass is 9.87. The largest absolute Gasteiger partial charge is 1.00 e. The summed E-state index contributed by atoms with van der Waals surface area (Å²) in [6.07, 6.45) is -8.68. The Hall–Kier alpha value is -1.97. The number of carbonyl (C=O) groups is 1. The molecule has 0 saturated carbocycles. The number of urea groups is 1. The van der Waals surface area contributed by atoms with Crippen molar-refractivity contribution < 1.29 is 73.6 Å². The van der Waals surface area contributed by atoms with Gasteiger partial charge in [-0.3, -0.25) is 4.90 Å². The molecule has 0 aliphatic carbocycles. The Morgan fingerprint density at radius 3 is 2.12 bits per heavy atom. The molecule has 42 heavy (non-hydrogen) atoms. The molecule has 0 bridgehead atoms. The average molecular weight is 719 g/mol. The fraction of sp³-hybridized carbons (Fsp3) is 0.552. The predicted octanol–water partition coefficient (Wildman–Crippen LogP) is 2.55. The van der Waals surface area contributed by atoms with E-state index < -0.39 is 41.4 Å². The van der Waals surface area contributed by atoms with E-state index in [1.165, 1.54) is 31.0 Å². The van der Waals surface area contributed by atoms with Gasteiger partial charge in [-0.2, -0.15) is 26.3 Å². The number of nitrogens with zero attached hydrogens (tertiary/aromatic N) is 2. The monoisotopic (exact) mass is 718 g/mol. The maximum atomic E-state index is 14.0. The van der Waals surface area contributed by atoms with Gasteiger partial charge in [-0.05, 0) is 61.4 Å². The van der Waals surface area contributed by atoms with Gasteiger partial charge in [-0.15, -0.1) is 0 Å². The standard InChI is InChI=1S/C29H35F7N3O2.HI/c1-18-13-23(30)5-6-25(18)26-17-24(39(4)9-11-41-12-10-39)7-8-38(26)27(40)37(3)19(2)20-14-21(28(31,32)33)16-22(15-20)29(34,35)36;/h5-6,13-16,19,24,26H,7-12,17H2,1-4H3;1H/q+1;/t19-,24-,26+;/m0./s1. The maximum absolute atomic E-state index is 14.0. The number of benzene rings is 2. The molecule has 1 N–H and O–H groups in total. The Kier molecular flexibility index (Phi) is 10.6. The van der Waals surface area contributed by atoms with Crippen LogP contribution in [0.3, 0.4) is 0 Å². The zero-order valence-corrected chi connectivity index (χ0v) is 26.0. The van der Waals surface area contributed by atoms with Crippen molar-refractivity contribution in [3.63, 3.8) is 0 Å². The molecule has 2 saturated heterocycles. The summed E-state index contributed by atoms with van der Waals surface area (Å²) in [6, 6.07) is 4.12. The second-order valence-electron chi connectivity index (χ2n) is 11.5. The Morgan fingerprint density at radius 1 is 1.02 bits per heavy atom. The number of morpholine rings is 1. The highest BCUT2D eigenvalue weighted by molar-refractivity contribution is 5.66. The summed E-state index contributed by atoms with van der Waals surface area (Å²) in [5.41, 5.74) is -1.65. The van der Waals surface area contributed by atoms with E-state index >= 15 is 0 Å². The molecule has 2 fully saturated rings. The summed E-state index contributed by atoms with van der Waals surface area (Å²) >= 11 is 0. The number of rotatable bonds is 4. The fourth-order valence-electron chi connectivity index (χ4n) is 6.17. The number of halogens is 8. The maximum Gasteiger partial charge on any atom is 0.418 e. The molecule has 13 heteroatoms. The van der Waals surface area contributed by atoms with Gasteiger partial charge in [0.1, 0.15) is 31.0 Å². The molecule has 5 nitrogen and oxygen atoms in total. The number of nitrogens with one attached hydrogen (secondary N) is 1. The van der Waals surface area contributed by atoms with Crippen molar-refractivity contribution in [3.05, 3.63) is 70.0 Å². The normalized spacial score (nSPS) is 23.5. The van der Waals surface area contributed by atoms with Crippen LogP contribution in [-0.4, -0.2) is 68.4 Å². The van der Waals surface area contributed by atoms with E-state index in [1.54, 1.807) is 13.0 Å². The van der Waals surface area contributed by atoms with E-state index in [0.717, 1.165) is 23.1 Å². The minimum absolute atomic E-state index is 0. The Morgan fingerprint density at radius 2 is 1.60 bits per heavy atom. The molecular formula is C29H36F7IN3O2+. The van der Waals surface area contributed by atoms with Crippen molar-refractivity contribution in [2.24, 2.45) is 0 Å². The van der Waals surface area contributed by atoms with E-state index in [1.807, 2.05) is 0 Å². The van der Waals surface area contributed by atoms with Crippen LogP contribution in [0.2, 0.25) is 0 Å². The zero-order chi connectivity index (χ0) is 30.3. The van der Waals surface area contributed by atoms with Gasteiger partial charge < -0.3 is 33.2 Å². The molecule has 2 aliphatic heterocycles. The van der Waals surface area contributed by atoms with Crippen molar-refractivity contribution in [1.29, 1.82) is 0 Å². The van der Waals surface area contributed by atoms with Gasteiger partial charge in [-0.25, -0.2) is 14.1 Å². The summed E-state index contributed by atoms with van der Waals surface area (Å²) in [5.74, 6) is -0.408. The number of piperidine rings is 1. The molecule has 2 amide bonds. The first-order valence-corrected chi connectivity index (χ1v) is 13.6. The number of likely N-dealkylation sites (N-methyl/N-ethyl adjacent to an activating group) is 1. The van der Waals surface area contributed by atoms with Crippen LogP contribution in [0.4, 0.5) is 35.5 Å². The Labute approximate surface area is 258 Å². The van der Waals surface area contributed by atoms with Gasteiger partial charge in [0.2, 0.25) is 0 Å². The minimum atomic E-state index is -4.99. The molecule has 0 spiro atoms. The van der Waals surface area contributed by atoms with Crippen molar-refractivity contribution in [2.45, 2.75) is 57.2 Å². The molecule has 2 aliphatic rings. The third-order valence-electron chi connectivity index (χ3n) is 8.93. The van der Waals surface area contributed by atoms with Crippen molar-refractivity contribution >= 4 is 6.03 Å². The third kappa shape index (κ3) is 7.39. The van der Waals surface area contributed by atoms with Crippen LogP contribution >= 0.6 is 0 Å². The summed E-state index contributed by atoms with van der Waals surface area (Å²) < 4.78 is 101. The number of likely N-dealkylation sites (tertiary alicyclic amines) is 1. The minimum Gasteiger partial charge on any atom is -1.00 e. The molecule has 0 radical (unpaired) electrons. The van der Waals surface area contributed by atoms with Crippen LogP contribution < -0.4 is 28.9 Å². The van der Waals surface area contributed by atoms with Crippen LogP contribution in [0.5, 0.6) is 0 Å². The number of alkyl halides is 6. The first-order valence-electron chi connectivity index (χ1n) is 13.6. The molecule has 2 aromatic rings. The van der Waals surface area contributed by atoms with Crippen LogP contribution in [0.1, 0.15) is 59.7 Å². The average Bonchev–Trinajstić information content (AvgIpc) is 2.91. The summed E-state index contributed by atoms with van der Waals surface area (Å²) in [4.78, 5) is 15.7. The number of carbonyl (C=O) groups excluding carboxylic acids is 1. The molecule has 2 aromatic carbocycles. The molecule has 2 heterocycles. The van der Waals surface area contributed by atoms with E-state index in [-0.39, 0.29) is 47.7 Å². The Bertz CT molecular complexity index is 1230. The SMILES string of the molecule is Cc1cc(F)ccc1[C@H]1C[C@@H]([N+]2(C)CCOCC2)CC[NH+]1C(=O)N(C)[C@@H](C)c1cc(C(F)(F)F)cc(C(F)(F)F)c1.[I-]. The number of aryl methyl sites for hydroxylation is 1. The molecule has 234 valence electrons. The van der Waals surface area contributed by atoms with E-state index in [4.69, 9.17) is 4.74 Å². The smallest absolute Gasteiger partial charge is 0.418 e. The van der Waals surface area contributed by atoms with Gasteiger partial charge in [0.25, 0.3) is 0 Å². The summed E-state index contributed by atoms with van der Waals surface area (Å²) in [5, 5.41) is 0. The number of hydrogen-bond acceptors (Lipinski definition) is 2. The van der Waals surface area contributed by atoms with Crippen LogP contribution in [0, 0.1) is 12.7 Å². The zero-order valence-electron chi connectivity index (χ0n) is 23.9. The lowest BCUT2D eigenvalue weighted by Crippen LogP contribution is -3.17. The highest BCUT2D eigenvalue weighted by Gasteiger charge is 2.47. The molecular weight excluding hydrogens is 682 g/mol. The lowest BCUT2D eigenvalue weighted by Gasteiger charge is -2.48. The number of quaternary nitrogens is 2. The molecule has 0 aromatic heterocycles. The lowest BCUT2D eigenvalue weighted by molar-refractivity contribution is -0.959. The number of amides is 2. The van der Waals surface area contributed by atoms with Gasteiger partial charge in [-0.1, -0.05) is 0 Å². The first-order chi connectivity index (χ1) is 19.0. The second-order valence-corrected chi connectivity index (χ2v) is 11.5. The quantitative estimate of drug-likeness (QED) is 0.300. The van der Waals surface area contributed by atoms with E-state index in [0.29, 0.717) is 55.2 Å². The highest BCUT2D eigenvalue weighted by Crippen LogP contribution is 2.38. The predicted molar refractivity (Wildman–Crippen MR) is 137 cm³/mol. The molecule has 1 unspecified atom stereocenters. The van der Waals surface area contributed by atoms with Crippen LogP contribution in [-0.2, 0) is 17.1 Å². The van der Waals surface area contributed by atoms with Crippen LogP contribution in [0.15, 0.2) is 36.4 Å². The van der Waals surface area contributed by atoms with Gasteiger partial charge in [0.15, 0.2) is 0 Å². The van der Waals surface area contributed by atoms with Crippen LogP contribution in [0.25, 0.3) is 0 Å². The summed E-state index contributed by atoms with van der Waals surface area (Å²) in [7, 11) is 3.55. The van der Waals surface area contributed by atoms with Gasteiger partial charge in [0, 0.05) is 19.0 Å². The second kappa shape index (κ2) is 12.9. The highest BCUT2D eigenvalue weighted by atomic mass is 127. The first kappa shape index (κ1) is 34.5. The summed E-state index contributed by atoms with van der Waals surface area (Å²) in [6.45, 7) is 6.47. The number of ether oxygens (including phenoxy) is 1. The molecule has 4 rings (SSSR count). The van der Waals surface area contributed by atoms with Gasteiger partial charge in [0.05, 0.1) is 50.4 Å². The fourth-order valence-corrected chi connectivity index (χ4v) is 6.17. The molecule has 4 atom stereocenters. The van der Waals surface area contributed by atoms with E-state index in [9.17, 15) is 35.5 Å². The van der Waals surface area contributed by atoms with Gasteiger partial charge >= 0.3 is 18.4 Å². The third-order valence-corrected chi connectivity index (χ3v) is 8.93. The topological polar surface area (TPSA) is 34.0 Å². The van der Waals surface area contributed by atoms with Crippen molar-refractivity contribution in [3.8, 4) is 0 Å². The van der Waals surface area contributed by atoms with Crippen molar-refractivity contribution in [1.82, 2.24) is 4.90 Å². The number of hydrogen-bond donors (Lipinski definition) is 1. The Balaban J connectivity index is 0.00000484. The van der Waals surface area contributed by atoms with E-state index in [2.05, 4.69) is 7.05 Å². The van der Waals surface area contributed by atoms with Crippen molar-refractivity contribution in [2.75, 3.05) is 46.9 Å².